The molecule has 0 fully saturated rings. The highest BCUT2D eigenvalue weighted by Gasteiger charge is 2.13. The topological polar surface area (TPSA) is 59.3 Å². The van der Waals surface area contributed by atoms with Crippen LogP contribution in [0.3, 0.4) is 0 Å². The van der Waals surface area contributed by atoms with Crippen LogP contribution in [0.2, 0.25) is 10.0 Å². The van der Waals surface area contributed by atoms with Gasteiger partial charge in [0.25, 0.3) is 0 Å². The molecule has 0 radical (unpaired) electrons. The number of hydrogen-bond acceptors (Lipinski definition) is 5. The van der Waals surface area contributed by atoms with Crippen LogP contribution in [0.25, 0.3) is 0 Å². The highest BCUT2D eigenvalue weighted by molar-refractivity contribution is 8.13. The van der Waals surface area contributed by atoms with E-state index in [4.69, 9.17) is 37.9 Å². The highest BCUT2D eigenvalue weighted by atomic mass is 35.5. The Bertz CT molecular complexity index is 754. The van der Waals surface area contributed by atoms with E-state index < -0.39 is 5.30 Å². The zero-order valence-electron chi connectivity index (χ0n) is 12.0. The Morgan fingerprint density at radius 2 is 1.91 bits per heavy atom. The third-order valence-electron chi connectivity index (χ3n) is 2.59. The van der Waals surface area contributed by atoms with E-state index in [0.29, 0.717) is 32.0 Å². The first-order chi connectivity index (χ1) is 11.0. The van der Waals surface area contributed by atoms with Crippen molar-refractivity contribution in [2.45, 2.75) is 11.8 Å². The standard InChI is InChI=1S/C16H11Cl2NO3S/c1-2-21-16(20)23-15-5-10(9-19)3-4-14(15)22-13-7-11(17)6-12(18)8-13/h3-8H,2H2,1H3. The minimum atomic E-state index is -0.475. The second-order valence-electron chi connectivity index (χ2n) is 4.27. The normalized spacial score (nSPS) is 10.0. The molecule has 0 aromatic heterocycles. The molecule has 118 valence electrons. The number of nitrogens with zero attached hydrogens (tertiary/aromatic N) is 1. The van der Waals surface area contributed by atoms with E-state index >= 15 is 0 Å². The first kappa shape index (κ1) is 17.5. The highest BCUT2D eigenvalue weighted by Crippen LogP contribution is 2.36. The van der Waals surface area contributed by atoms with Crippen molar-refractivity contribution in [2.75, 3.05) is 6.61 Å². The lowest BCUT2D eigenvalue weighted by Crippen LogP contribution is -1.97. The first-order valence-corrected chi connectivity index (χ1v) is 8.11. The number of carbonyl (C=O) groups is 1. The van der Waals surface area contributed by atoms with Crippen molar-refractivity contribution in [3.8, 4) is 17.6 Å². The number of halogens is 2. The van der Waals surface area contributed by atoms with E-state index in [1.54, 1.807) is 43.3 Å². The lowest BCUT2D eigenvalue weighted by Gasteiger charge is -2.11. The van der Waals surface area contributed by atoms with Crippen molar-refractivity contribution < 1.29 is 14.3 Å². The van der Waals surface area contributed by atoms with E-state index in [9.17, 15) is 4.79 Å². The number of thioether (sulfide) groups is 1. The lowest BCUT2D eigenvalue weighted by atomic mass is 10.2. The summed E-state index contributed by atoms with van der Waals surface area (Å²) in [6.45, 7) is 1.99. The van der Waals surface area contributed by atoms with Crippen LogP contribution in [-0.2, 0) is 4.74 Å². The largest absolute Gasteiger partial charge is 0.458 e. The van der Waals surface area contributed by atoms with E-state index in [1.807, 2.05) is 6.07 Å². The number of nitriles is 1. The van der Waals surface area contributed by atoms with Crippen LogP contribution in [-0.4, -0.2) is 11.9 Å². The van der Waals surface area contributed by atoms with Crippen molar-refractivity contribution in [3.63, 3.8) is 0 Å². The molecule has 0 N–H and O–H groups in total. The molecular weight excluding hydrogens is 357 g/mol. The summed E-state index contributed by atoms with van der Waals surface area (Å²) >= 11 is 12.7. The summed E-state index contributed by atoms with van der Waals surface area (Å²) in [6.07, 6.45) is 0. The van der Waals surface area contributed by atoms with Gasteiger partial charge in [0.2, 0.25) is 0 Å². The molecule has 0 bridgehead atoms. The average Bonchev–Trinajstić information content (AvgIpc) is 2.48. The Morgan fingerprint density at radius 3 is 2.52 bits per heavy atom. The van der Waals surface area contributed by atoms with Crippen LogP contribution in [0.4, 0.5) is 4.79 Å². The van der Waals surface area contributed by atoms with Crippen LogP contribution in [0.5, 0.6) is 11.5 Å². The Balaban J connectivity index is 2.33. The predicted octanol–water partition coefficient (Wildman–Crippen LogP) is 5.91. The molecule has 0 atom stereocenters. The predicted molar refractivity (Wildman–Crippen MR) is 90.6 cm³/mol. The molecule has 23 heavy (non-hydrogen) atoms. The average molecular weight is 368 g/mol. The summed E-state index contributed by atoms with van der Waals surface area (Å²) in [5, 5.41) is 9.39. The van der Waals surface area contributed by atoms with Crippen molar-refractivity contribution >= 4 is 40.3 Å². The van der Waals surface area contributed by atoms with Gasteiger partial charge in [0, 0.05) is 10.0 Å². The van der Waals surface area contributed by atoms with Gasteiger partial charge >= 0.3 is 5.30 Å². The minimum absolute atomic E-state index is 0.268. The van der Waals surface area contributed by atoms with Gasteiger partial charge in [-0.15, -0.1) is 0 Å². The molecule has 0 aliphatic rings. The number of hydrogen-bond donors (Lipinski definition) is 0. The smallest absolute Gasteiger partial charge is 0.372 e. The minimum Gasteiger partial charge on any atom is -0.458 e. The number of carbonyl (C=O) groups excluding carboxylic acids is 1. The van der Waals surface area contributed by atoms with Gasteiger partial charge in [-0.3, -0.25) is 0 Å². The molecule has 2 aromatic rings. The summed E-state index contributed by atoms with van der Waals surface area (Å²) in [5.41, 5.74) is 0.410. The van der Waals surface area contributed by atoms with E-state index in [0.717, 1.165) is 11.8 Å². The summed E-state index contributed by atoms with van der Waals surface area (Å²) in [7, 11) is 0. The number of benzene rings is 2. The van der Waals surface area contributed by atoms with Gasteiger partial charge in [0.05, 0.1) is 23.1 Å². The molecule has 7 heteroatoms. The monoisotopic (exact) mass is 367 g/mol. The summed E-state index contributed by atoms with van der Waals surface area (Å²) in [5.74, 6) is 0.832. The quantitative estimate of drug-likeness (QED) is 0.496. The maximum Gasteiger partial charge on any atom is 0.372 e. The van der Waals surface area contributed by atoms with Gasteiger partial charge in [-0.25, -0.2) is 4.79 Å². The molecule has 0 heterocycles. The Morgan fingerprint density at radius 1 is 1.22 bits per heavy atom. The van der Waals surface area contributed by atoms with Crippen molar-refractivity contribution in [3.05, 3.63) is 52.0 Å². The fraction of sp³-hybridized carbons (Fsp3) is 0.125. The van der Waals surface area contributed by atoms with Crippen LogP contribution in [0, 0.1) is 11.3 Å². The SMILES string of the molecule is CCOC(=O)Sc1cc(C#N)ccc1Oc1cc(Cl)cc(Cl)c1. The summed E-state index contributed by atoms with van der Waals surface area (Å²) in [6, 6.07) is 11.6. The lowest BCUT2D eigenvalue weighted by molar-refractivity contribution is 0.181. The maximum absolute atomic E-state index is 11.7. The maximum atomic E-state index is 11.7. The second-order valence-corrected chi connectivity index (χ2v) is 6.12. The van der Waals surface area contributed by atoms with E-state index in [-0.39, 0.29) is 6.61 Å². The molecule has 0 aliphatic carbocycles. The molecule has 0 saturated carbocycles. The van der Waals surface area contributed by atoms with Crippen molar-refractivity contribution in [1.29, 1.82) is 5.26 Å². The molecule has 0 amide bonds. The Kier molecular flexibility index (Phi) is 6.17. The van der Waals surface area contributed by atoms with Gasteiger partial charge in [-0.1, -0.05) is 23.2 Å². The first-order valence-electron chi connectivity index (χ1n) is 6.54. The molecule has 2 rings (SSSR count). The fourth-order valence-electron chi connectivity index (χ4n) is 1.69. The van der Waals surface area contributed by atoms with Gasteiger partial charge in [-0.2, -0.15) is 5.26 Å². The van der Waals surface area contributed by atoms with Gasteiger partial charge in [-0.05, 0) is 55.1 Å². The Hall–Kier alpha value is -1.87. The van der Waals surface area contributed by atoms with Crippen molar-refractivity contribution in [1.82, 2.24) is 0 Å². The van der Waals surface area contributed by atoms with Crippen LogP contribution in [0.1, 0.15) is 12.5 Å². The molecular formula is C16H11Cl2NO3S. The van der Waals surface area contributed by atoms with Crippen LogP contribution < -0.4 is 4.74 Å². The zero-order chi connectivity index (χ0) is 16.8. The summed E-state index contributed by atoms with van der Waals surface area (Å²) in [4.78, 5) is 12.2. The van der Waals surface area contributed by atoms with Crippen LogP contribution >= 0.6 is 35.0 Å². The molecule has 4 nitrogen and oxygen atoms in total. The van der Waals surface area contributed by atoms with Gasteiger partial charge < -0.3 is 9.47 Å². The van der Waals surface area contributed by atoms with Crippen LogP contribution in [0.15, 0.2) is 41.3 Å². The van der Waals surface area contributed by atoms with Crippen molar-refractivity contribution in [2.24, 2.45) is 0 Å². The third-order valence-corrected chi connectivity index (χ3v) is 3.85. The fourth-order valence-corrected chi connectivity index (χ4v) is 2.95. The third kappa shape index (κ3) is 5.07. The number of rotatable bonds is 4. The molecule has 0 saturated heterocycles. The molecule has 0 spiro atoms. The number of ether oxygens (including phenoxy) is 2. The summed E-state index contributed by atoms with van der Waals surface area (Å²) < 4.78 is 10.6. The van der Waals surface area contributed by atoms with Gasteiger partial charge in [0.15, 0.2) is 0 Å². The second kappa shape index (κ2) is 8.11. The van der Waals surface area contributed by atoms with Gasteiger partial charge in [0.1, 0.15) is 11.5 Å². The zero-order valence-corrected chi connectivity index (χ0v) is 14.3. The van der Waals surface area contributed by atoms with E-state index in [1.165, 1.54) is 0 Å². The molecule has 0 aliphatic heterocycles. The molecule has 0 unspecified atom stereocenters. The van der Waals surface area contributed by atoms with E-state index in [2.05, 4.69) is 0 Å². The molecule has 2 aromatic carbocycles. The Labute approximate surface area is 147 Å².